The van der Waals surface area contributed by atoms with E-state index < -0.39 is 17.6 Å². The molecule has 0 saturated carbocycles. The van der Waals surface area contributed by atoms with Gasteiger partial charge in [0.1, 0.15) is 16.3 Å². The minimum absolute atomic E-state index is 0.0690. The van der Waals surface area contributed by atoms with Crippen molar-refractivity contribution in [3.8, 4) is 11.4 Å². The zero-order valence-corrected chi connectivity index (χ0v) is 11.5. The van der Waals surface area contributed by atoms with E-state index in [9.17, 15) is 17.6 Å². The first-order chi connectivity index (χ1) is 8.79. The molecule has 0 aliphatic carbocycles. The summed E-state index contributed by atoms with van der Waals surface area (Å²) in [7, 11) is 0. The number of aromatic nitrogens is 2. The second kappa shape index (κ2) is 5.01. The van der Waals surface area contributed by atoms with E-state index in [4.69, 9.17) is 12.2 Å². The second-order valence-corrected chi connectivity index (χ2v) is 4.86. The lowest BCUT2D eigenvalue weighted by Crippen LogP contribution is -2.09. The summed E-state index contributed by atoms with van der Waals surface area (Å²) >= 11 is 8.00. The van der Waals surface area contributed by atoms with Gasteiger partial charge in [0.05, 0.1) is 10.0 Å². The number of alkyl halides is 3. The van der Waals surface area contributed by atoms with Gasteiger partial charge in [-0.05, 0) is 34.1 Å². The summed E-state index contributed by atoms with van der Waals surface area (Å²) < 4.78 is 52.2. The monoisotopic (exact) mass is 352 g/mol. The standard InChI is InChI=1S/C11H5BrF4N2S/c12-8-4-17-9(18-10(8)19)6-2-1-5(13)3-7(6)11(14,15)16/h1-4H,(H,17,18,19). The summed E-state index contributed by atoms with van der Waals surface area (Å²) in [6, 6.07) is 2.38. The Morgan fingerprint density at radius 1 is 1.26 bits per heavy atom. The van der Waals surface area contributed by atoms with Crippen LogP contribution in [-0.4, -0.2) is 9.97 Å². The van der Waals surface area contributed by atoms with Crippen molar-refractivity contribution in [2.75, 3.05) is 0 Å². The third kappa shape index (κ3) is 3.01. The van der Waals surface area contributed by atoms with Crippen LogP contribution >= 0.6 is 28.1 Å². The number of nitrogens with one attached hydrogen (secondary N) is 1. The van der Waals surface area contributed by atoms with Gasteiger partial charge in [0.2, 0.25) is 0 Å². The Morgan fingerprint density at radius 2 is 1.95 bits per heavy atom. The minimum atomic E-state index is -4.68. The van der Waals surface area contributed by atoms with Gasteiger partial charge in [0, 0.05) is 11.8 Å². The van der Waals surface area contributed by atoms with Gasteiger partial charge in [-0.2, -0.15) is 13.2 Å². The van der Waals surface area contributed by atoms with Crippen LogP contribution in [0.1, 0.15) is 5.56 Å². The van der Waals surface area contributed by atoms with E-state index in [-0.39, 0.29) is 16.0 Å². The van der Waals surface area contributed by atoms with E-state index in [2.05, 4.69) is 25.9 Å². The van der Waals surface area contributed by atoms with Gasteiger partial charge in [-0.25, -0.2) is 9.37 Å². The number of rotatable bonds is 1. The van der Waals surface area contributed by atoms with Crippen molar-refractivity contribution in [2.24, 2.45) is 0 Å². The first-order valence-electron chi connectivity index (χ1n) is 4.91. The van der Waals surface area contributed by atoms with Crippen LogP contribution in [0.4, 0.5) is 17.6 Å². The van der Waals surface area contributed by atoms with Crippen molar-refractivity contribution in [1.82, 2.24) is 9.97 Å². The maximum Gasteiger partial charge on any atom is 0.417 e. The minimum Gasteiger partial charge on any atom is -0.330 e. The molecule has 0 unspecified atom stereocenters. The molecule has 1 aromatic carbocycles. The molecule has 0 aliphatic heterocycles. The molecule has 2 rings (SSSR count). The molecule has 8 heteroatoms. The molecule has 0 aliphatic rings. The largest absolute Gasteiger partial charge is 0.417 e. The van der Waals surface area contributed by atoms with Gasteiger partial charge in [-0.3, -0.25) is 0 Å². The van der Waals surface area contributed by atoms with Crippen LogP contribution in [0.2, 0.25) is 0 Å². The zero-order valence-electron chi connectivity index (χ0n) is 9.05. The molecule has 0 spiro atoms. The highest BCUT2D eigenvalue weighted by atomic mass is 79.9. The predicted molar refractivity (Wildman–Crippen MR) is 67.5 cm³/mol. The maximum atomic E-state index is 13.0. The molecule has 0 amide bonds. The van der Waals surface area contributed by atoms with Crippen LogP contribution in [0.3, 0.4) is 0 Å². The molecule has 0 radical (unpaired) electrons. The topological polar surface area (TPSA) is 28.7 Å². The van der Waals surface area contributed by atoms with Gasteiger partial charge in [-0.1, -0.05) is 12.2 Å². The van der Waals surface area contributed by atoms with E-state index in [1.165, 1.54) is 6.20 Å². The van der Waals surface area contributed by atoms with Crippen LogP contribution in [0.15, 0.2) is 28.9 Å². The number of nitrogens with zero attached hydrogens (tertiary/aromatic N) is 1. The molecule has 0 bridgehead atoms. The molecule has 0 fully saturated rings. The predicted octanol–water partition coefficient (Wildman–Crippen LogP) is 4.73. The molecular weight excluding hydrogens is 348 g/mol. The number of hydrogen-bond acceptors (Lipinski definition) is 2. The summed E-state index contributed by atoms with van der Waals surface area (Å²) in [6.07, 6.45) is -3.39. The molecule has 1 heterocycles. The molecule has 1 aromatic heterocycles. The summed E-state index contributed by atoms with van der Waals surface area (Å²) in [5.41, 5.74) is -1.36. The molecular formula is C11H5BrF4N2S. The summed E-state index contributed by atoms with van der Waals surface area (Å²) in [5, 5.41) is 0. The Bertz CT molecular complexity index is 681. The molecule has 0 saturated heterocycles. The number of aromatic amines is 1. The highest BCUT2D eigenvalue weighted by Gasteiger charge is 2.34. The van der Waals surface area contributed by atoms with Crippen LogP contribution < -0.4 is 0 Å². The SMILES string of the molecule is Fc1ccc(-c2ncc(Br)c(=S)[nH]2)c(C(F)(F)F)c1. The van der Waals surface area contributed by atoms with Crippen molar-refractivity contribution in [3.05, 3.63) is 44.9 Å². The molecule has 1 N–H and O–H groups in total. The summed E-state index contributed by atoms with van der Waals surface area (Å²) in [6.45, 7) is 0. The third-order valence-corrected chi connectivity index (χ3v) is 3.48. The molecule has 2 nitrogen and oxygen atoms in total. The van der Waals surface area contributed by atoms with Crippen LogP contribution in [0, 0.1) is 10.5 Å². The number of halogens is 5. The van der Waals surface area contributed by atoms with Crippen LogP contribution in [-0.2, 0) is 6.18 Å². The lowest BCUT2D eigenvalue weighted by Gasteiger charge is -2.12. The van der Waals surface area contributed by atoms with Crippen molar-refractivity contribution in [1.29, 1.82) is 0 Å². The lowest BCUT2D eigenvalue weighted by atomic mass is 10.1. The van der Waals surface area contributed by atoms with Crippen molar-refractivity contribution in [2.45, 2.75) is 6.18 Å². The average Bonchev–Trinajstić information content (AvgIpc) is 2.32. The Balaban J connectivity index is 2.68. The third-order valence-electron chi connectivity index (χ3n) is 2.30. The van der Waals surface area contributed by atoms with Gasteiger partial charge in [-0.15, -0.1) is 0 Å². The van der Waals surface area contributed by atoms with Crippen LogP contribution in [0.25, 0.3) is 11.4 Å². The molecule has 100 valence electrons. The van der Waals surface area contributed by atoms with Gasteiger partial charge in [0.15, 0.2) is 0 Å². The smallest absolute Gasteiger partial charge is 0.330 e. The number of benzene rings is 1. The molecule has 2 aromatic rings. The van der Waals surface area contributed by atoms with E-state index in [1.54, 1.807) is 0 Å². The van der Waals surface area contributed by atoms with E-state index in [0.717, 1.165) is 12.1 Å². The first kappa shape index (κ1) is 14.1. The highest BCUT2D eigenvalue weighted by molar-refractivity contribution is 9.10. The molecule has 0 atom stereocenters. The fourth-order valence-corrected chi connectivity index (χ4v) is 1.82. The summed E-state index contributed by atoms with van der Waals surface area (Å²) in [5.74, 6) is -1.03. The maximum absolute atomic E-state index is 13.0. The summed E-state index contributed by atoms with van der Waals surface area (Å²) in [4.78, 5) is 6.38. The van der Waals surface area contributed by atoms with Crippen molar-refractivity contribution in [3.63, 3.8) is 0 Å². The van der Waals surface area contributed by atoms with Gasteiger partial charge in [0.25, 0.3) is 0 Å². The Kier molecular flexibility index (Phi) is 3.73. The second-order valence-electron chi connectivity index (χ2n) is 3.60. The van der Waals surface area contributed by atoms with Crippen molar-refractivity contribution < 1.29 is 17.6 Å². The number of hydrogen-bond donors (Lipinski definition) is 1. The van der Waals surface area contributed by atoms with E-state index in [1.807, 2.05) is 0 Å². The fraction of sp³-hybridized carbons (Fsp3) is 0.0909. The highest BCUT2D eigenvalue weighted by Crippen LogP contribution is 2.36. The Labute approximate surface area is 118 Å². The quantitative estimate of drug-likeness (QED) is 0.593. The zero-order chi connectivity index (χ0) is 14.2. The van der Waals surface area contributed by atoms with Gasteiger partial charge < -0.3 is 4.98 Å². The van der Waals surface area contributed by atoms with E-state index >= 15 is 0 Å². The normalized spacial score (nSPS) is 11.6. The Hall–Kier alpha value is -1.28. The Morgan fingerprint density at radius 3 is 2.53 bits per heavy atom. The fourth-order valence-electron chi connectivity index (χ4n) is 1.47. The van der Waals surface area contributed by atoms with Gasteiger partial charge >= 0.3 is 6.18 Å². The van der Waals surface area contributed by atoms with Crippen LogP contribution in [0.5, 0.6) is 0 Å². The first-order valence-corrected chi connectivity index (χ1v) is 6.11. The lowest BCUT2D eigenvalue weighted by molar-refractivity contribution is -0.137. The number of H-pyrrole nitrogens is 1. The van der Waals surface area contributed by atoms with Crippen molar-refractivity contribution >= 4 is 28.1 Å². The average molecular weight is 353 g/mol. The molecule has 19 heavy (non-hydrogen) atoms. The van der Waals surface area contributed by atoms with E-state index in [0.29, 0.717) is 10.5 Å².